The third-order valence-corrected chi connectivity index (χ3v) is 2.46. The van der Waals surface area contributed by atoms with Crippen LogP contribution in [0.4, 0.5) is 22.0 Å². The number of nitriles is 1. The van der Waals surface area contributed by atoms with Crippen molar-refractivity contribution in [3.63, 3.8) is 0 Å². The monoisotopic (exact) mass is 292 g/mol. The highest BCUT2D eigenvalue weighted by Crippen LogP contribution is 2.20. The number of halogens is 2. The van der Waals surface area contributed by atoms with Crippen molar-refractivity contribution in [1.82, 2.24) is 15.0 Å². The molecule has 1 aromatic heterocycles. The van der Waals surface area contributed by atoms with Crippen LogP contribution < -0.4 is 10.6 Å². The fourth-order valence-corrected chi connectivity index (χ4v) is 1.64. The number of nitrogens with zero attached hydrogens (tertiary/aromatic N) is 4. The van der Waals surface area contributed by atoms with Gasteiger partial charge in [-0.1, -0.05) is 0 Å². The van der Waals surface area contributed by atoms with Crippen molar-refractivity contribution in [2.24, 2.45) is 0 Å². The molecule has 0 saturated carbocycles. The van der Waals surface area contributed by atoms with Crippen LogP contribution in [-0.2, 0) is 0 Å². The Kier molecular flexibility index (Phi) is 4.27. The van der Waals surface area contributed by atoms with Gasteiger partial charge in [-0.25, -0.2) is 4.39 Å². The molecule has 1 heterocycles. The van der Waals surface area contributed by atoms with E-state index in [1.165, 1.54) is 12.1 Å². The van der Waals surface area contributed by atoms with E-state index in [0.717, 1.165) is 6.07 Å². The lowest BCUT2D eigenvalue weighted by molar-refractivity contribution is 0.627. The summed E-state index contributed by atoms with van der Waals surface area (Å²) in [6, 6.07) is 5.67. The van der Waals surface area contributed by atoms with Crippen LogP contribution in [0.5, 0.6) is 0 Å². The molecule has 8 heteroatoms. The van der Waals surface area contributed by atoms with Crippen LogP contribution in [0.15, 0.2) is 18.2 Å². The molecule has 0 unspecified atom stereocenters. The van der Waals surface area contributed by atoms with E-state index in [1.54, 1.807) is 0 Å². The van der Waals surface area contributed by atoms with Crippen LogP contribution >= 0.6 is 11.6 Å². The van der Waals surface area contributed by atoms with Crippen molar-refractivity contribution in [1.29, 1.82) is 5.26 Å². The van der Waals surface area contributed by atoms with Crippen LogP contribution in [0.1, 0.15) is 12.5 Å². The molecule has 0 amide bonds. The normalized spacial score (nSPS) is 9.90. The Morgan fingerprint density at radius 3 is 2.75 bits per heavy atom. The average Bonchev–Trinajstić information content (AvgIpc) is 2.40. The largest absolute Gasteiger partial charge is 0.354 e. The van der Waals surface area contributed by atoms with Gasteiger partial charge in [0.15, 0.2) is 0 Å². The van der Waals surface area contributed by atoms with E-state index in [2.05, 4.69) is 25.6 Å². The van der Waals surface area contributed by atoms with Gasteiger partial charge in [0, 0.05) is 6.54 Å². The highest BCUT2D eigenvalue weighted by Gasteiger charge is 2.08. The molecule has 6 nitrogen and oxygen atoms in total. The number of nitrogens with one attached hydrogen (secondary N) is 2. The summed E-state index contributed by atoms with van der Waals surface area (Å²) in [6.07, 6.45) is 0. The molecule has 0 atom stereocenters. The predicted octanol–water partition coefficient (Wildman–Crippen LogP) is 2.71. The zero-order valence-corrected chi connectivity index (χ0v) is 11.2. The lowest BCUT2D eigenvalue weighted by atomic mass is 10.2. The summed E-state index contributed by atoms with van der Waals surface area (Å²) in [5.41, 5.74) is 0.533. The van der Waals surface area contributed by atoms with E-state index < -0.39 is 5.82 Å². The quantitative estimate of drug-likeness (QED) is 0.901. The highest BCUT2D eigenvalue weighted by atomic mass is 35.5. The second-order valence-corrected chi connectivity index (χ2v) is 4.05. The highest BCUT2D eigenvalue weighted by molar-refractivity contribution is 6.28. The van der Waals surface area contributed by atoms with E-state index in [-0.39, 0.29) is 16.8 Å². The molecule has 0 spiro atoms. The Morgan fingerprint density at radius 1 is 1.30 bits per heavy atom. The van der Waals surface area contributed by atoms with Gasteiger partial charge in [0.05, 0.1) is 11.3 Å². The van der Waals surface area contributed by atoms with E-state index in [4.69, 9.17) is 16.9 Å². The molecule has 2 aromatic rings. The predicted molar refractivity (Wildman–Crippen MR) is 73.4 cm³/mol. The molecular formula is C12H10ClFN6. The average molecular weight is 293 g/mol. The van der Waals surface area contributed by atoms with Crippen LogP contribution in [0.2, 0.25) is 5.28 Å². The third-order valence-electron chi connectivity index (χ3n) is 2.29. The van der Waals surface area contributed by atoms with Gasteiger partial charge < -0.3 is 10.6 Å². The first-order valence-corrected chi connectivity index (χ1v) is 6.12. The SMILES string of the molecule is CCNc1nc(Cl)nc(Nc2ccc(F)cc2C#N)n1. The number of benzene rings is 1. The minimum absolute atomic E-state index is 0.0130. The maximum atomic E-state index is 13.1. The molecule has 0 bridgehead atoms. The van der Waals surface area contributed by atoms with Crippen molar-refractivity contribution in [3.05, 3.63) is 34.9 Å². The van der Waals surface area contributed by atoms with Gasteiger partial charge >= 0.3 is 0 Å². The zero-order chi connectivity index (χ0) is 14.5. The van der Waals surface area contributed by atoms with E-state index in [1.807, 2.05) is 13.0 Å². The smallest absolute Gasteiger partial charge is 0.233 e. The van der Waals surface area contributed by atoms with E-state index in [0.29, 0.717) is 18.2 Å². The molecular weight excluding hydrogens is 283 g/mol. The summed E-state index contributed by atoms with van der Waals surface area (Å²) in [6.45, 7) is 2.51. The first-order valence-electron chi connectivity index (χ1n) is 5.74. The lowest BCUT2D eigenvalue weighted by Gasteiger charge is -2.08. The first kappa shape index (κ1) is 14.0. The molecule has 0 fully saturated rings. The number of rotatable bonds is 4. The summed E-state index contributed by atoms with van der Waals surface area (Å²) in [5.74, 6) is -0.00575. The third kappa shape index (κ3) is 3.30. The fraction of sp³-hybridized carbons (Fsp3) is 0.167. The van der Waals surface area contributed by atoms with Crippen molar-refractivity contribution >= 4 is 29.2 Å². The van der Waals surface area contributed by atoms with Crippen LogP contribution in [0.25, 0.3) is 0 Å². The van der Waals surface area contributed by atoms with Gasteiger partial charge in [0.2, 0.25) is 17.2 Å². The molecule has 2 rings (SSSR count). The Balaban J connectivity index is 2.32. The molecule has 0 aliphatic heterocycles. The second-order valence-electron chi connectivity index (χ2n) is 3.71. The zero-order valence-electron chi connectivity index (χ0n) is 10.5. The molecule has 0 saturated heterocycles. The summed E-state index contributed by atoms with van der Waals surface area (Å²) in [7, 11) is 0. The molecule has 0 aliphatic rings. The maximum absolute atomic E-state index is 13.1. The Hall–Kier alpha value is -2.46. The molecule has 0 radical (unpaired) electrons. The van der Waals surface area contributed by atoms with Crippen LogP contribution in [-0.4, -0.2) is 21.5 Å². The Labute approximate surface area is 119 Å². The summed E-state index contributed by atoms with van der Waals surface area (Å²) in [4.78, 5) is 11.9. The minimum atomic E-state index is -0.492. The van der Waals surface area contributed by atoms with Gasteiger partial charge in [-0.3, -0.25) is 0 Å². The molecule has 1 aromatic carbocycles. The lowest BCUT2D eigenvalue weighted by Crippen LogP contribution is -2.07. The molecule has 2 N–H and O–H groups in total. The number of hydrogen-bond donors (Lipinski definition) is 2. The van der Waals surface area contributed by atoms with Gasteiger partial charge in [-0.2, -0.15) is 20.2 Å². The minimum Gasteiger partial charge on any atom is -0.354 e. The van der Waals surface area contributed by atoms with Crippen molar-refractivity contribution in [2.75, 3.05) is 17.2 Å². The molecule has 0 aliphatic carbocycles. The summed E-state index contributed by atoms with van der Waals surface area (Å²) >= 11 is 5.78. The summed E-state index contributed by atoms with van der Waals surface area (Å²) < 4.78 is 13.1. The molecule has 20 heavy (non-hydrogen) atoms. The van der Waals surface area contributed by atoms with Crippen molar-refractivity contribution < 1.29 is 4.39 Å². The van der Waals surface area contributed by atoms with Gasteiger partial charge in [0.25, 0.3) is 0 Å². The van der Waals surface area contributed by atoms with E-state index in [9.17, 15) is 4.39 Å². The van der Waals surface area contributed by atoms with Crippen LogP contribution in [0, 0.1) is 17.1 Å². The van der Waals surface area contributed by atoms with E-state index >= 15 is 0 Å². The maximum Gasteiger partial charge on any atom is 0.233 e. The standard InChI is InChI=1S/C12H10ClFN6/c1-2-16-11-18-10(13)19-12(20-11)17-9-4-3-8(14)5-7(9)6-15/h3-5H,2H2,1H3,(H2,16,17,18,19,20). The Bertz CT molecular complexity index is 669. The fourth-order valence-electron chi connectivity index (χ4n) is 1.48. The van der Waals surface area contributed by atoms with Gasteiger partial charge in [-0.15, -0.1) is 0 Å². The Morgan fingerprint density at radius 2 is 2.05 bits per heavy atom. The second kappa shape index (κ2) is 6.12. The summed E-state index contributed by atoms with van der Waals surface area (Å²) in [5, 5.41) is 14.7. The molecule has 102 valence electrons. The first-order chi connectivity index (χ1) is 9.62. The topological polar surface area (TPSA) is 86.5 Å². The van der Waals surface area contributed by atoms with Gasteiger partial charge in [0.1, 0.15) is 11.9 Å². The van der Waals surface area contributed by atoms with Gasteiger partial charge in [-0.05, 0) is 36.7 Å². The van der Waals surface area contributed by atoms with Crippen molar-refractivity contribution in [2.45, 2.75) is 6.92 Å². The number of aromatic nitrogens is 3. The van der Waals surface area contributed by atoms with Crippen LogP contribution in [0.3, 0.4) is 0 Å². The van der Waals surface area contributed by atoms with Crippen molar-refractivity contribution in [3.8, 4) is 6.07 Å². The number of hydrogen-bond acceptors (Lipinski definition) is 6. The number of anilines is 3.